The molecular weight excluding hydrogens is 210 g/mol. The van der Waals surface area contributed by atoms with Gasteiger partial charge in [-0.05, 0) is 31.0 Å². The second-order valence-electron chi connectivity index (χ2n) is 4.10. The summed E-state index contributed by atoms with van der Waals surface area (Å²) < 4.78 is 0. The third kappa shape index (κ3) is 1.94. The summed E-state index contributed by atoms with van der Waals surface area (Å²) in [6.45, 7) is -0.0805. The summed E-state index contributed by atoms with van der Waals surface area (Å²) in [5.41, 5.74) is -0.222. The quantitative estimate of drug-likeness (QED) is 0.557. The summed E-state index contributed by atoms with van der Waals surface area (Å²) >= 11 is 0. The van der Waals surface area contributed by atoms with E-state index in [-0.39, 0.29) is 29.6 Å². The van der Waals surface area contributed by atoms with Crippen LogP contribution in [0, 0.1) is 0 Å². The van der Waals surface area contributed by atoms with Gasteiger partial charge < -0.3 is 20.6 Å². The number of aliphatic hydroxyl groups is 1. The average Bonchev–Trinajstić information content (AvgIpc) is 3.02. The van der Waals surface area contributed by atoms with Gasteiger partial charge in [0.2, 0.25) is 0 Å². The normalized spacial score (nSPS) is 16.8. The molecule has 1 amide bonds. The van der Waals surface area contributed by atoms with Crippen molar-refractivity contribution in [2.24, 2.45) is 0 Å². The molecule has 0 heterocycles. The van der Waals surface area contributed by atoms with Gasteiger partial charge in [-0.2, -0.15) is 0 Å². The molecule has 2 rings (SSSR count). The fourth-order valence-electron chi connectivity index (χ4n) is 1.45. The smallest absolute Gasteiger partial charge is 0.251 e. The molecule has 1 fully saturated rings. The van der Waals surface area contributed by atoms with E-state index in [4.69, 9.17) is 10.2 Å². The van der Waals surface area contributed by atoms with Gasteiger partial charge in [0.25, 0.3) is 5.91 Å². The van der Waals surface area contributed by atoms with Gasteiger partial charge in [-0.25, -0.2) is 0 Å². The second-order valence-corrected chi connectivity index (χ2v) is 4.10. The van der Waals surface area contributed by atoms with Crippen molar-refractivity contribution in [1.29, 1.82) is 0 Å². The molecular formula is C11H13NO4. The summed E-state index contributed by atoms with van der Waals surface area (Å²) in [5, 5.41) is 30.1. The summed E-state index contributed by atoms with van der Waals surface area (Å²) in [6.07, 6.45) is 1.53. The van der Waals surface area contributed by atoms with Gasteiger partial charge in [-0.15, -0.1) is 0 Å². The first-order chi connectivity index (χ1) is 7.56. The number of amides is 1. The summed E-state index contributed by atoms with van der Waals surface area (Å²) in [7, 11) is 0. The number of nitrogens with one attached hydrogen (secondary N) is 1. The number of phenols is 2. The molecule has 0 aliphatic heterocycles. The summed E-state index contributed by atoms with van der Waals surface area (Å²) in [4.78, 5) is 11.7. The van der Waals surface area contributed by atoms with Crippen molar-refractivity contribution in [1.82, 2.24) is 5.32 Å². The maximum absolute atomic E-state index is 11.7. The van der Waals surface area contributed by atoms with Crippen LogP contribution in [0.4, 0.5) is 0 Å². The second kappa shape index (κ2) is 3.68. The molecule has 1 saturated carbocycles. The van der Waals surface area contributed by atoms with Crippen molar-refractivity contribution >= 4 is 5.91 Å². The van der Waals surface area contributed by atoms with Gasteiger partial charge in [0.15, 0.2) is 11.5 Å². The number of hydrogen-bond acceptors (Lipinski definition) is 4. The zero-order valence-electron chi connectivity index (χ0n) is 8.60. The number of carbonyl (C=O) groups excluding carboxylic acids is 1. The first-order valence-electron chi connectivity index (χ1n) is 5.02. The van der Waals surface area contributed by atoms with Gasteiger partial charge in [0, 0.05) is 5.56 Å². The Kier molecular flexibility index (Phi) is 2.47. The Morgan fingerprint density at radius 2 is 2.00 bits per heavy atom. The highest BCUT2D eigenvalue weighted by Crippen LogP contribution is 2.35. The molecule has 0 aromatic heterocycles. The Labute approximate surface area is 92.3 Å². The van der Waals surface area contributed by atoms with E-state index in [1.165, 1.54) is 18.2 Å². The lowest BCUT2D eigenvalue weighted by atomic mass is 10.1. The highest BCUT2D eigenvalue weighted by Gasteiger charge is 2.43. The third-order valence-corrected chi connectivity index (χ3v) is 2.77. The van der Waals surface area contributed by atoms with E-state index in [1.54, 1.807) is 0 Å². The molecule has 1 aromatic rings. The Morgan fingerprint density at radius 1 is 1.31 bits per heavy atom. The maximum Gasteiger partial charge on any atom is 0.251 e. The van der Waals surface area contributed by atoms with Crippen LogP contribution in [0.2, 0.25) is 0 Å². The lowest BCUT2D eigenvalue weighted by Crippen LogP contribution is -2.39. The van der Waals surface area contributed by atoms with Gasteiger partial charge in [-0.3, -0.25) is 4.79 Å². The van der Waals surface area contributed by atoms with E-state index in [1.807, 2.05) is 0 Å². The fraction of sp³-hybridized carbons (Fsp3) is 0.364. The largest absolute Gasteiger partial charge is 0.504 e. The molecule has 0 radical (unpaired) electrons. The van der Waals surface area contributed by atoms with Gasteiger partial charge in [-0.1, -0.05) is 0 Å². The molecule has 1 aliphatic carbocycles. The average molecular weight is 223 g/mol. The highest BCUT2D eigenvalue weighted by atomic mass is 16.3. The van der Waals surface area contributed by atoms with Crippen LogP contribution >= 0.6 is 0 Å². The number of aliphatic hydroxyl groups excluding tert-OH is 1. The van der Waals surface area contributed by atoms with Gasteiger partial charge in [0.05, 0.1) is 12.1 Å². The Hall–Kier alpha value is -1.75. The molecule has 1 aliphatic rings. The van der Waals surface area contributed by atoms with Crippen LogP contribution in [0.1, 0.15) is 23.2 Å². The van der Waals surface area contributed by atoms with Crippen LogP contribution in [0.5, 0.6) is 11.5 Å². The molecule has 5 heteroatoms. The van der Waals surface area contributed by atoms with E-state index >= 15 is 0 Å². The topological polar surface area (TPSA) is 89.8 Å². The number of rotatable bonds is 3. The molecule has 0 spiro atoms. The molecule has 0 unspecified atom stereocenters. The molecule has 0 bridgehead atoms. The molecule has 5 nitrogen and oxygen atoms in total. The van der Waals surface area contributed by atoms with Crippen molar-refractivity contribution < 1.29 is 20.1 Å². The lowest BCUT2D eigenvalue weighted by Gasteiger charge is -2.14. The Morgan fingerprint density at radius 3 is 2.50 bits per heavy atom. The zero-order chi connectivity index (χ0) is 11.8. The predicted octanol–water partition coefficient (Wildman–Crippen LogP) is 0.352. The van der Waals surface area contributed by atoms with Crippen LogP contribution in [0.15, 0.2) is 18.2 Å². The monoisotopic (exact) mass is 223 g/mol. The number of phenolic OH excluding ortho intramolecular Hbond substituents is 2. The molecule has 16 heavy (non-hydrogen) atoms. The molecule has 0 saturated heterocycles. The van der Waals surface area contributed by atoms with E-state index in [2.05, 4.69) is 5.32 Å². The van der Waals surface area contributed by atoms with Crippen molar-refractivity contribution in [3.05, 3.63) is 23.8 Å². The van der Waals surface area contributed by atoms with Crippen LogP contribution in [0.3, 0.4) is 0 Å². The van der Waals surface area contributed by atoms with E-state index in [9.17, 15) is 9.90 Å². The standard InChI is InChI=1S/C11H13NO4/c13-6-11(3-4-11)12-10(16)7-1-2-8(14)9(15)5-7/h1-2,5,13-15H,3-4,6H2,(H,12,16). The third-order valence-electron chi connectivity index (χ3n) is 2.77. The van der Waals surface area contributed by atoms with E-state index in [0.29, 0.717) is 0 Å². The van der Waals surface area contributed by atoms with E-state index < -0.39 is 5.54 Å². The SMILES string of the molecule is O=C(NC1(CO)CC1)c1ccc(O)c(O)c1. The van der Waals surface area contributed by atoms with Gasteiger partial charge >= 0.3 is 0 Å². The minimum absolute atomic E-state index is 0.0805. The molecule has 4 N–H and O–H groups in total. The van der Waals surface area contributed by atoms with Crippen molar-refractivity contribution in [2.75, 3.05) is 6.61 Å². The van der Waals surface area contributed by atoms with Crippen LogP contribution in [-0.2, 0) is 0 Å². The number of benzene rings is 1. The number of hydrogen-bond donors (Lipinski definition) is 4. The number of aromatic hydroxyl groups is 2. The summed E-state index contributed by atoms with van der Waals surface area (Å²) in [6, 6.07) is 3.86. The van der Waals surface area contributed by atoms with Crippen LogP contribution in [0.25, 0.3) is 0 Å². The molecule has 1 aromatic carbocycles. The zero-order valence-corrected chi connectivity index (χ0v) is 8.60. The number of carbonyl (C=O) groups is 1. The summed E-state index contributed by atoms with van der Waals surface area (Å²) in [5.74, 6) is -0.955. The van der Waals surface area contributed by atoms with Crippen molar-refractivity contribution in [3.8, 4) is 11.5 Å². The van der Waals surface area contributed by atoms with Gasteiger partial charge in [0.1, 0.15) is 0 Å². The Balaban J connectivity index is 2.12. The first-order valence-corrected chi connectivity index (χ1v) is 5.02. The first kappa shape index (κ1) is 10.8. The maximum atomic E-state index is 11.7. The highest BCUT2D eigenvalue weighted by molar-refractivity contribution is 5.95. The van der Waals surface area contributed by atoms with E-state index in [0.717, 1.165) is 12.8 Å². The Bertz CT molecular complexity index is 426. The van der Waals surface area contributed by atoms with Crippen LogP contribution in [-0.4, -0.2) is 33.4 Å². The van der Waals surface area contributed by atoms with Crippen molar-refractivity contribution in [2.45, 2.75) is 18.4 Å². The van der Waals surface area contributed by atoms with Crippen molar-refractivity contribution in [3.63, 3.8) is 0 Å². The minimum atomic E-state index is -0.482. The molecule has 0 atom stereocenters. The lowest BCUT2D eigenvalue weighted by molar-refractivity contribution is 0.0906. The fourth-order valence-corrected chi connectivity index (χ4v) is 1.45. The predicted molar refractivity (Wildman–Crippen MR) is 56.3 cm³/mol. The van der Waals surface area contributed by atoms with Crippen LogP contribution < -0.4 is 5.32 Å². The minimum Gasteiger partial charge on any atom is -0.504 e. The molecule has 86 valence electrons.